The Morgan fingerprint density at radius 1 is 1.09 bits per heavy atom. The average molecular weight is 319 g/mol. The molecule has 22 heavy (non-hydrogen) atoms. The quantitative estimate of drug-likeness (QED) is 0.850. The molecule has 0 saturated carbocycles. The highest BCUT2D eigenvalue weighted by atomic mass is 32.2. The van der Waals surface area contributed by atoms with Gasteiger partial charge in [-0.2, -0.15) is 0 Å². The number of nitrogens with zero attached hydrogens (tertiary/aromatic N) is 3. The smallest absolute Gasteiger partial charge is 0.211 e. The molecule has 1 saturated heterocycles. The van der Waals surface area contributed by atoms with Crippen LogP contribution in [0.3, 0.4) is 0 Å². The summed E-state index contributed by atoms with van der Waals surface area (Å²) in [6, 6.07) is 8.27. The van der Waals surface area contributed by atoms with Crippen molar-refractivity contribution in [3.05, 3.63) is 36.0 Å². The fraction of sp³-hybridized carbons (Fsp3) is 0.438. The summed E-state index contributed by atoms with van der Waals surface area (Å²) >= 11 is 0. The van der Waals surface area contributed by atoms with Crippen molar-refractivity contribution in [3.63, 3.8) is 0 Å². The highest BCUT2D eigenvalue weighted by Gasteiger charge is 2.22. The van der Waals surface area contributed by atoms with Crippen molar-refractivity contribution < 1.29 is 8.42 Å². The van der Waals surface area contributed by atoms with Crippen LogP contribution >= 0.6 is 0 Å². The van der Waals surface area contributed by atoms with Crippen molar-refractivity contribution in [1.29, 1.82) is 0 Å². The molecular formula is C16H21N3O2S. The molecule has 1 aliphatic heterocycles. The van der Waals surface area contributed by atoms with Gasteiger partial charge in [0.2, 0.25) is 10.0 Å². The molecule has 0 atom stereocenters. The standard InChI is InChI=1S/C16H21N3O2S/c1-13-4-5-15-14(12-13)16(6-7-17-15)18-8-3-9-19(11-10-18)22(2,20)21/h4-7,12H,3,8-11H2,1-2H3. The second-order valence-corrected chi connectivity index (χ2v) is 7.84. The summed E-state index contributed by atoms with van der Waals surface area (Å²) < 4.78 is 25.0. The third-order valence-electron chi connectivity index (χ3n) is 4.14. The van der Waals surface area contributed by atoms with E-state index in [-0.39, 0.29) is 0 Å². The number of hydrogen-bond acceptors (Lipinski definition) is 4. The molecule has 0 bridgehead atoms. The molecule has 2 heterocycles. The van der Waals surface area contributed by atoms with Gasteiger partial charge in [0.15, 0.2) is 0 Å². The summed E-state index contributed by atoms with van der Waals surface area (Å²) in [4.78, 5) is 6.69. The van der Waals surface area contributed by atoms with Gasteiger partial charge in [-0.05, 0) is 31.5 Å². The number of benzene rings is 1. The van der Waals surface area contributed by atoms with E-state index < -0.39 is 10.0 Å². The molecule has 118 valence electrons. The van der Waals surface area contributed by atoms with Gasteiger partial charge >= 0.3 is 0 Å². The van der Waals surface area contributed by atoms with Crippen LogP contribution in [-0.4, -0.2) is 50.1 Å². The van der Waals surface area contributed by atoms with E-state index in [1.165, 1.54) is 11.8 Å². The Morgan fingerprint density at radius 3 is 2.68 bits per heavy atom. The van der Waals surface area contributed by atoms with Crippen LogP contribution in [0.5, 0.6) is 0 Å². The first-order valence-corrected chi connectivity index (χ1v) is 9.35. The molecule has 0 amide bonds. The van der Waals surface area contributed by atoms with Crippen molar-refractivity contribution >= 4 is 26.6 Å². The van der Waals surface area contributed by atoms with E-state index in [1.54, 1.807) is 4.31 Å². The van der Waals surface area contributed by atoms with Crippen LogP contribution in [-0.2, 0) is 10.0 Å². The number of anilines is 1. The molecule has 5 nitrogen and oxygen atoms in total. The van der Waals surface area contributed by atoms with Crippen molar-refractivity contribution in [2.75, 3.05) is 37.3 Å². The van der Waals surface area contributed by atoms with E-state index in [0.717, 1.165) is 29.6 Å². The van der Waals surface area contributed by atoms with Crippen LogP contribution in [0.2, 0.25) is 0 Å². The van der Waals surface area contributed by atoms with Gasteiger partial charge in [-0.1, -0.05) is 11.6 Å². The van der Waals surface area contributed by atoms with Crippen LogP contribution in [0.4, 0.5) is 5.69 Å². The molecule has 0 spiro atoms. The van der Waals surface area contributed by atoms with Gasteiger partial charge in [-0.25, -0.2) is 12.7 Å². The molecule has 0 unspecified atom stereocenters. The second-order valence-electron chi connectivity index (χ2n) is 5.85. The lowest BCUT2D eigenvalue weighted by atomic mass is 10.1. The molecule has 1 aromatic heterocycles. The third kappa shape index (κ3) is 3.08. The molecule has 0 aliphatic carbocycles. The van der Waals surface area contributed by atoms with Gasteiger partial charge in [0, 0.05) is 43.4 Å². The summed E-state index contributed by atoms with van der Waals surface area (Å²) in [6.45, 7) is 4.77. The minimum atomic E-state index is -3.11. The van der Waals surface area contributed by atoms with Gasteiger partial charge in [-0.15, -0.1) is 0 Å². The Hall–Kier alpha value is -1.66. The summed E-state index contributed by atoms with van der Waals surface area (Å²) in [5.74, 6) is 0. The first-order chi connectivity index (χ1) is 10.4. The molecule has 0 N–H and O–H groups in total. The predicted octanol–water partition coefficient (Wildman–Crippen LogP) is 2.01. The van der Waals surface area contributed by atoms with E-state index in [4.69, 9.17) is 0 Å². The molecule has 3 rings (SSSR count). The van der Waals surface area contributed by atoms with Crippen molar-refractivity contribution in [1.82, 2.24) is 9.29 Å². The highest BCUT2D eigenvalue weighted by Crippen LogP contribution is 2.27. The second kappa shape index (κ2) is 5.85. The van der Waals surface area contributed by atoms with Crippen molar-refractivity contribution in [2.45, 2.75) is 13.3 Å². The summed E-state index contributed by atoms with van der Waals surface area (Å²) in [5.41, 5.74) is 3.32. The van der Waals surface area contributed by atoms with Crippen LogP contribution < -0.4 is 4.90 Å². The van der Waals surface area contributed by atoms with Gasteiger partial charge in [-0.3, -0.25) is 4.98 Å². The molecule has 6 heteroatoms. The topological polar surface area (TPSA) is 53.5 Å². The highest BCUT2D eigenvalue weighted by molar-refractivity contribution is 7.88. The van der Waals surface area contributed by atoms with Crippen LogP contribution in [0, 0.1) is 6.92 Å². The van der Waals surface area contributed by atoms with Crippen LogP contribution in [0.15, 0.2) is 30.5 Å². The number of aromatic nitrogens is 1. The number of sulfonamides is 1. The fourth-order valence-electron chi connectivity index (χ4n) is 2.99. The molecule has 1 aromatic carbocycles. The maximum absolute atomic E-state index is 11.7. The Morgan fingerprint density at radius 2 is 1.91 bits per heavy atom. The van der Waals surface area contributed by atoms with E-state index in [0.29, 0.717) is 19.6 Å². The first kappa shape index (κ1) is 15.2. The lowest BCUT2D eigenvalue weighted by molar-refractivity contribution is 0.437. The Kier molecular flexibility index (Phi) is 4.06. The van der Waals surface area contributed by atoms with Crippen LogP contribution in [0.1, 0.15) is 12.0 Å². The number of fused-ring (bicyclic) bond motifs is 1. The van der Waals surface area contributed by atoms with Gasteiger partial charge < -0.3 is 4.90 Å². The molecule has 1 fully saturated rings. The molecule has 2 aromatic rings. The van der Waals surface area contributed by atoms with Gasteiger partial charge in [0.1, 0.15) is 0 Å². The zero-order valence-electron chi connectivity index (χ0n) is 13.0. The largest absolute Gasteiger partial charge is 0.370 e. The lowest BCUT2D eigenvalue weighted by Gasteiger charge is -2.24. The van der Waals surface area contributed by atoms with E-state index in [2.05, 4.69) is 28.9 Å². The fourth-order valence-corrected chi connectivity index (χ4v) is 3.86. The zero-order valence-corrected chi connectivity index (χ0v) is 13.8. The molecule has 1 aliphatic rings. The Balaban J connectivity index is 1.93. The normalized spacial score (nSPS) is 17.6. The number of rotatable bonds is 2. The molecule has 0 radical (unpaired) electrons. The minimum absolute atomic E-state index is 0.536. The average Bonchev–Trinajstić information content (AvgIpc) is 2.72. The first-order valence-electron chi connectivity index (χ1n) is 7.50. The predicted molar refractivity (Wildman–Crippen MR) is 89.7 cm³/mol. The number of pyridine rings is 1. The number of hydrogen-bond donors (Lipinski definition) is 0. The zero-order chi connectivity index (χ0) is 15.7. The van der Waals surface area contributed by atoms with E-state index >= 15 is 0 Å². The SMILES string of the molecule is Cc1ccc2nccc(N3CCCN(S(C)(=O)=O)CC3)c2c1. The van der Waals surface area contributed by atoms with E-state index in [1.807, 2.05) is 18.3 Å². The Labute approximate surface area is 131 Å². The van der Waals surface area contributed by atoms with Crippen molar-refractivity contribution in [3.8, 4) is 0 Å². The molecular weight excluding hydrogens is 298 g/mol. The summed E-state index contributed by atoms with van der Waals surface area (Å²) in [7, 11) is -3.11. The van der Waals surface area contributed by atoms with Gasteiger partial charge in [0.05, 0.1) is 11.8 Å². The lowest BCUT2D eigenvalue weighted by Crippen LogP contribution is -2.34. The third-order valence-corrected chi connectivity index (χ3v) is 5.44. The Bertz CT molecular complexity index is 789. The maximum atomic E-state index is 11.7. The monoisotopic (exact) mass is 319 g/mol. The number of aryl methyl sites for hydroxylation is 1. The summed E-state index contributed by atoms with van der Waals surface area (Å²) in [6.07, 6.45) is 3.95. The van der Waals surface area contributed by atoms with Gasteiger partial charge in [0.25, 0.3) is 0 Å². The van der Waals surface area contributed by atoms with Crippen LogP contribution in [0.25, 0.3) is 10.9 Å². The summed E-state index contributed by atoms with van der Waals surface area (Å²) in [5, 5.41) is 1.13. The maximum Gasteiger partial charge on any atom is 0.211 e. The van der Waals surface area contributed by atoms with E-state index in [9.17, 15) is 8.42 Å². The minimum Gasteiger partial charge on any atom is -0.370 e. The van der Waals surface area contributed by atoms with Crippen molar-refractivity contribution in [2.24, 2.45) is 0 Å².